The molecule has 144 valence electrons. The first-order valence-electron chi connectivity index (χ1n) is 8.50. The first-order valence-corrected chi connectivity index (χ1v) is 9.94. The molecule has 2 fully saturated rings. The Labute approximate surface area is 152 Å². The summed E-state index contributed by atoms with van der Waals surface area (Å²) < 4.78 is 42.8. The molecule has 26 heavy (non-hydrogen) atoms. The zero-order valence-corrected chi connectivity index (χ0v) is 15.5. The standard InChI is InChI=1S/C16H23N3O6S/c1-23-16(20)13-8-14(26(21,22)19-3-6-24-7-4-19)15(18-10-13)17-9-12-2-5-25-11-12/h8,10,12H,2-7,9,11H2,1H3,(H,17,18)/t12-/m0/s1. The number of nitrogens with zero attached hydrogens (tertiary/aromatic N) is 2. The second-order valence-corrected chi connectivity index (χ2v) is 8.10. The molecule has 1 aromatic rings. The summed E-state index contributed by atoms with van der Waals surface area (Å²) in [4.78, 5) is 16.0. The minimum atomic E-state index is -3.81. The molecule has 0 bridgehead atoms. The molecule has 1 N–H and O–H groups in total. The van der Waals surface area contributed by atoms with Crippen LogP contribution in [0.1, 0.15) is 16.8 Å². The van der Waals surface area contributed by atoms with Crippen LogP contribution in [-0.2, 0) is 24.2 Å². The lowest BCUT2D eigenvalue weighted by Crippen LogP contribution is -2.41. The van der Waals surface area contributed by atoms with Crippen molar-refractivity contribution >= 4 is 21.8 Å². The first kappa shape index (κ1) is 19.0. The summed E-state index contributed by atoms with van der Waals surface area (Å²) in [6, 6.07) is 1.32. The number of carbonyl (C=O) groups is 1. The number of anilines is 1. The Bertz CT molecular complexity index is 742. The van der Waals surface area contributed by atoms with Gasteiger partial charge in [-0.25, -0.2) is 18.2 Å². The van der Waals surface area contributed by atoms with E-state index in [1.807, 2.05) is 0 Å². The molecule has 0 spiro atoms. The van der Waals surface area contributed by atoms with Gasteiger partial charge in [-0.3, -0.25) is 0 Å². The summed E-state index contributed by atoms with van der Waals surface area (Å²) in [6.45, 7) is 3.10. The number of nitrogens with one attached hydrogen (secondary N) is 1. The van der Waals surface area contributed by atoms with Crippen molar-refractivity contribution < 1.29 is 27.4 Å². The van der Waals surface area contributed by atoms with Crippen LogP contribution >= 0.6 is 0 Å². The average molecular weight is 385 g/mol. The lowest BCUT2D eigenvalue weighted by atomic mass is 10.1. The van der Waals surface area contributed by atoms with Gasteiger partial charge in [0, 0.05) is 38.4 Å². The van der Waals surface area contributed by atoms with Crippen LogP contribution in [0.25, 0.3) is 0 Å². The number of pyridine rings is 1. The Hall–Kier alpha value is -1.75. The molecule has 0 amide bonds. The number of sulfonamides is 1. The quantitative estimate of drug-likeness (QED) is 0.699. The molecule has 1 aromatic heterocycles. The summed E-state index contributed by atoms with van der Waals surface area (Å²) in [6.07, 6.45) is 2.23. The highest BCUT2D eigenvalue weighted by Gasteiger charge is 2.30. The van der Waals surface area contributed by atoms with Crippen LogP contribution in [0.2, 0.25) is 0 Å². The third kappa shape index (κ3) is 4.14. The highest BCUT2D eigenvalue weighted by molar-refractivity contribution is 7.89. The fourth-order valence-corrected chi connectivity index (χ4v) is 4.47. The number of morpholine rings is 1. The third-order valence-electron chi connectivity index (χ3n) is 4.44. The monoisotopic (exact) mass is 385 g/mol. The van der Waals surface area contributed by atoms with E-state index in [0.29, 0.717) is 38.9 Å². The van der Waals surface area contributed by atoms with Gasteiger partial charge >= 0.3 is 5.97 Å². The first-order chi connectivity index (χ1) is 12.5. The highest BCUT2D eigenvalue weighted by atomic mass is 32.2. The smallest absolute Gasteiger partial charge is 0.339 e. The number of esters is 1. The second kappa shape index (κ2) is 8.30. The van der Waals surface area contributed by atoms with E-state index in [0.717, 1.165) is 6.42 Å². The van der Waals surface area contributed by atoms with E-state index >= 15 is 0 Å². The molecule has 2 saturated heterocycles. The van der Waals surface area contributed by atoms with E-state index < -0.39 is 16.0 Å². The maximum atomic E-state index is 13.1. The minimum absolute atomic E-state index is 0.0267. The summed E-state index contributed by atoms with van der Waals surface area (Å²) in [5, 5.41) is 3.10. The topological polar surface area (TPSA) is 107 Å². The summed E-state index contributed by atoms with van der Waals surface area (Å²) in [5.74, 6) is -0.0984. The van der Waals surface area contributed by atoms with E-state index in [2.05, 4.69) is 15.0 Å². The molecule has 2 aliphatic heterocycles. The number of ether oxygens (including phenoxy) is 3. The SMILES string of the molecule is COC(=O)c1cnc(NC[C@@H]2CCOC2)c(S(=O)(=O)N2CCOCC2)c1. The molecule has 0 aromatic carbocycles. The molecule has 0 aliphatic carbocycles. The van der Waals surface area contributed by atoms with Gasteiger partial charge in [0.15, 0.2) is 0 Å². The van der Waals surface area contributed by atoms with Gasteiger partial charge in [-0.2, -0.15) is 4.31 Å². The Kier molecular flexibility index (Phi) is 6.07. The van der Waals surface area contributed by atoms with Gasteiger partial charge in [0.05, 0.1) is 32.5 Å². The molecule has 2 aliphatic rings. The predicted octanol–water partition coefficient (Wildman–Crippen LogP) is 0.338. The van der Waals surface area contributed by atoms with Crippen molar-refractivity contribution in [1.82, 2.24) is 9.29 Å². The van der Waals surface area contributed by atoms with Crippen LogP contribution in [0.3, 0.4) is 0 Å². The van der Waals surface area contributed by atoms with Gasteiger partial charge < -0.3 is 19.5 Å². The summed E-state index contributed by atoms with van der Waals surface area (Å²) in [7, 11) is -2.57. The molecule has 9 nitrogen and oxygen atoms in total. The van der Waals surface area contributed by atoms with Crippen molar-refractivity contribution in [2.24, 2.45) is 5.92 Å². The number of hydrogen-bond acceptors (Lipinski definition) is 8. The van der Waals surface area contributed by atoms with Crippen molar-refractivity contribution in [2.45, 2.75) is 11.3 Å². The van der Waals surface area contributed by atoms with Crippen LogP contribution in [0.15, 0.2) is 17.2 Å². The van der Waals surface area contributed by atoms with Crippen molar-refractivity contribution in [3.05, 3.63) is 17.8 Å². The third-order valence-corrected chi connectivity index (χ3v) is 6.36. The number of hydrogen-bond donors (Lipinski definition) is 1. The molecule has 3 rings (SSSR count). The normalized spacial score (nSPS) is 21.5. The molecule has 0 unspecified atom stereocenters. The van der Waals surface area contributed by atoms with Gasteiger partial charge in [-0.1, -0.05) is 0 Å². The Morgan fingerprint density at radius 1 is 1.35 bits per heavy atom. The Morgan fingerprint density at radius 2 is 2.12 bits per heavy atom. The lowest BCUT2D eigenvalue weighted by molar-refractivity contribution is 0.0600. The van der Waals surface area contributed by atoms with Crippen LogP contribution in [0.5, 0.6) is 0 Å². The summed E-state index contributed by atoms with van der Waals surface area (Å²) in [5.41, 5.74) is 0.0917. The van der Waals surface area contributed by atoms with Crippen molar-refractivity contribution in [3.8, 4) is 0 Å². The number of aromatic nitrogens is 1. The largest absolute Gasteiger partial charge is 0.465 e. The number of rotatable bonds is 6. The molecular formula is C16H23N3O6S. The number of carbonyl (C=O) groups excluding carboxylic acids is 1. The molecular weight excluding hydrogens is 362 g/mol. The van der Waals surface area contributed by atoms with E-state index in [1.165, 1.54) is 23.7 Å². The van der Waals surface area contributed by atoms with E-state index in [-0.39, 0.29) is 29.4 Å². The Morgan fingerprint density at radius 3 is 2.77 bits per heavy atom. The van der Waals surface area contributed by atoms with Crippen LogP contribution in [-0.4, -0.2) is 76.8 Å². The maximum Gasteiger partial charge on any atom is 0.339 e. The van der Waals surface area contributed by atoms with Gasteiger partial charge in [0.1, 0.15) is 10.7 Å². The predicted molar refractivity (Wildman–Crippen MR) is 92.6 cm³/mol. The van der Waals surface area contributed by atoms with E-state index in [9.17, 15) is 13.2 Å². The maximum absolute atomic E-state index is 13.1. The zero-order chi connectivity index (χ0) is 18.6. The van der Waals surface area contributed by atoms with Crippen LogP contribution < -0.4 is 5.32 Å². The summed E-state index contributed by atoms with van der Waals surface area (Å²) >= 11 is 0. The van der Waals surface area contributed by atoms with Gasteiger partial charge in [0.25, 0.3) is 0 Å². The zero-order valence-electron chi connectivity index (χ0n) is 14.6. The van der Waals surface area contributed by atoms with Crippen molar-refractivity contribution in [3.63, 3.8) is 0 Å². The molecule has 10 heteroatoms. The fourth-order valence-electron chi connectivity index (χ4n) is 2.91. The van der Waals surface area contributed by atoms with Gasteiger partial charge in [-0.15, -0.1) is 0 Å². The highest BCUT2D eigenvalue weighted by Crippen LogP contribution is 2.26. The molecule has 0 radical (unpaired) electrons. The second-order valence-electron chi connectivity index (χ2n) is 6.19. The van der Waals surface area contributed by atoms with Crippen LogP contribution in [0.4, 0.5) is 5.82 Å². The lowest BCUT2D eigenvalue weighted by Gasteiger charge is -2.27. The van der Waals surface area contributed by atoms with Gasteiger partial charge in [0.2, 0.25) is 10.0 Å². The van der Waals surface area contributed by atoms with Crippen molar-refractivity contribution in [1.29, 1.82) is 0 Å². The molecule has 1 atom stereocenters. The average Bonchev–Trinajstić information content (AvgIpc) is 3.20. The van der Waals surface area contributed by atoms with Crippen molar-refractivity contribution in [2.75, 3.05) is 58.5 Å². The number of methoxy groups -OCH3 is 1. The van der Waals surface area contributed by atoms with E-state index in [1.54, 1.807) is 0 Å². The van der Waals surface area contributed by atoms with Gasteiger partial charge in [-0.05, 0) is 12.5 Å². The molecule has 0 saturated carbocycles. The molecule has 3 heterocycles. The Balaban J connectivity index is 1.90. The van der Waals surface area contributed by atoms with E-state index in [4.69, 9.17) is 9.47 Å². The fraction of sp³-hybridized carbons (Fsp3) is 0.625. The minimum Gasteiger partial charge on any atom is -0.465 e. The van der Waals surface area contributed by atoms with Crippen LogP contribution in [0, 0.1) is 5.92 Å².